The predicted molar refractivity (Wildman–Crippen MR) is 185 cm³/mol. The van der Waals surface area contributed by atoms with Crippen LogP contribution in [-0.2, 0) is 0 Å². The van der Waals surface area contributed by atoms with Gasteiger partial charge in [-0.25, -0.2) is 0 Å². The molecule has 0 saturated heterocycles. The van der Waals surface area contributed by atoms with Gasteiger partial charge in [-0.3, -0.25) is 4.98 Å². The molecule has 0 N–H and O–H groups in total. The maximum Gasteiger partial charge on any atom is 0.0789 e. The molecule has 0 aliphatic carbocycles. The largest absolute Gasteiger partial charge is 0.307 e. The smallest absolute Gasteiger partial charge is 0.0789 e. The van der Waals surface area contributed by atoms with Crippen LogP contribution >= 0.6 is 0 Å². The fraction of sp³-hybridized carbons (Fsp3) is 0. The number of rotatable bonds is 2. The van der Waals surface area contributed by atoms with Gasteiger partial charge in [0.1, 0.15) is 0 Å². The van der Waals surface area contributed by atoms with Crippen LogP contribution in [0.25, 0.3) is 87.4 Å². The van der Waals surface area contributed by atoms with Crippen LogP contribution in [0, 0.1) is 0 Å². The highest BCUT2D eigenvalue weighted by Crippen LogP contribution is 2.45. The Kier molecular flexibility index (Phi) is 4.72. The molecule has 0 unspecified atom stereocenters. The number of pyridine rings is 1. The van der Waals surface area contributed by atoms with E-state index in [1.807, 2.05) is 12.3 Å². The van der Waals surface area contributed by atoms with E-state index >= 15 is 0 Å². The summed E-state index contributed by atoms with van der Waals surface area (Å²) >= 11 is 0. The van der Waals surface area contributed by atoms with E-state index in [0.29, 0.717) is 0 Å². The van der Waals surface area contributed by atoms with E-state index < -0.39 is 0 Å². The van der Waals surface area contributed by atoms with Crippen molar-refractivity contribution in [3.63, 3.8) is 0 Å². The molecule has 3 heteroatoms. The minimum Gasteiger partial charge on any atom is -0.307 e. The number of hydrogen-bond donors (Lipinski definition) is 0. The van der Waals surface area contributed by atoms with Gasteiger partial charge in [0.05, 0.1) is 39.5 Å². The molecule has 0 aliphatic rings. The lowest BCUT2D eigenvalue weighted by atomic mass is 10.0. The van der Waals surface area contributed by atoms with Crippen LogP contribution < -0.4 is 0 Å². The Bertz CT molecular complexity index is 2770. The van der Waals surface area contributed by atoms with Gasteiger partial charge in [0, 0.05) is 32.6 Å². The fourth-order valence-electron chi connectivity index (χ4n) is 7.43. The van der Waals surface area contributed by atoms with Crippen molar-refractivity contribution in [1.82, 2.24) is 14.1 Å². The number of hydrogen-bond acceptors (Lipinski definition) is 1. The third kappa shape index (κ3) is 3.13. The molecule has 0 spiro atoms. The van der Waals surface area contributed by atoms with Crippen LogP contribution in [0.1, 0.15) is 0 Å². The average Bonchev–Trinajstić information content (AvgIpc) is 3.62. The van der Waals surface area contributed by atoms with E-state index in [1.54, 1.807) is 0 Å². The van der Waals surface area contributed by atoms with Crippen LogP contribution in [-0.4, -0.2) is 14.1 Å². The maximum atomic E-state index is 4.93. The zero-order valence-electron chi connectivity index (χ0n) is 23.8. The monoisotopic (exact) mass is 559 g/mol. The lowest BCUT2D eigenvalue weighted by molar-refractivity contribution is 1.14. The molecule has 0 bridgehead atoms. The van der Waals surface area contributed by atoms with Gasteiger partial charge in [0.15, 0.2) is 0 Å². The molecule has 7 aromatic carbocycles. The quantitative estimate of drug-likeness (QED) is 0.207. The Morgan fingerprint density at radius 2 is 0.909 bits per heavy atom. The van der Waals surface area contributed by atoms with Crippen molar-refractivity contribution in [2.75, 3.05) is 0 Å². The van der Waals surface area contributed by atoms with E-state index in [1.165, 1.54) is 65.2 Å². The fourth-order valence-corrected chi connectivity index (χ4v) is 7.43. The van der Waals surface area contributed by atoms with Gasteiger partial charge in [0.2, 0.25) is 0 Å². The van der Waals surface area contributed by atoms with Gasteiger partial charge < -0.3 is 9.13 Å². The summed E-state index contributed by atoms with van der Waals surface area (Å²) in [6.07, 6.45) is 2.03. The van der Waals surface area contributed by atoms with Crippen molar-refractivity contribution in [2.24, 2.45) is 0 Å². The lowest BCUT2D eigenvalue weighted by Crippen LogP contribution is -1.99. The third-order valence-electron chi connectivity index (χ3n) is 9.28. The second kappa shape index (κ2) is 8.79. The molecule has 0 aliphatic heterocycles. The summed E-state index contributed by atoms with van der Waals surface area (Å²) in [6.45, 7) is 0. The van der Waals surface area contributed by atoms with Crippen molar-refractivity contribution >= 4 is 76.1 Å². The Labute approximate surface area is 252 Å². The summed E-state index contributed by atoms with van der Waals surface area (Å²) in [6, 6.07) is 52.7. The van der Waals surface area contributed by atoms with Gasteiger partial charge in [-0.2, -0.15) is 0 Å². The maximum absolute atomic E-state index is 4.93. The van der Waals surface area contributed by atoms with Crippen LogP contribution in [0.5, 0.6) is 0 Å². The van der Waals surface area contributed by atoms with Crippen LogP contribution in [0.15, 0.2) is 152 Å². The molecule has 0 saturated carbocycles. The summed E-state index contributed by atoms with van der Waals surface area (Å²) in [7, 11) is 0. The van der Waals surface area contributed by atoms with Crippen molar-refractivity contribution in [3.05, 3.63) is 152 Å². The number of nitrogens with zero attached hydrogens (tertiary/aromatic N) is 3. The van der Waals surface area contributed by atoms with Crippen LogP contribution in [0.4, 0.5) is 0 Å². The number of aromatic nitrogens is 3. The molecule has 3 heterocycles. The molecule has 0 fully saturated rings. The first-order valence-electron chi connectivity index (χ1n) is 15.1. The molecule has 3 aromatic heterocycles. The summed E-state index contributed by atoms with van der Waals surface area (Å²) in [5.41, 5.74) is 7.98. The minimum absolute atomic E-state index is 0.998. The van der Waals surface area contributed by atoms with Crippen LogP contribution in [0.2, 0.25) is 0 Å². The second-order valence-corrected chi connectivity index (χ2v) is 11.6. The molecular weight excluding hydrogens is 534 g/mol. The first kappa shape index (κ1) is 23.6. The SMILES string of the molecule is c1ccc(-n2c3ccc4ccccc4c3c3ccc4c5c6ccccc6ccc5n(-c5cnc6ccccc6c5)c4c32)cc1. The zero-order chi connectivity index (χ0) is 28.8. The van der Waals surface area contributed by atoms with Gasteiger partial charge in [-0.05, 0) is 57.9 Å². The van der Waals surface area contributed by atoms with Crippen molar-refractivity contribution < 1.29 is 0 Å². The molecule has 0 radical (unpaired) electrons. The lowest BCUT2D eigenvalue weighted by Gasteiger charge is -2.13. The third-order valence-corrected chi connectivity index (χ3v) is 9.28. The summed E-state index contributed by atoms with van der Waals surface area (Å²) in [4.78, 5) is 4.93. The highest BCUT2D eigenvalue weighted by atomic mass is 15.0. The molecule has 10 aromatic rings. The van der Waals surface area contributed by atoms with E-state index in [0.717, 1.165) is 22.3 Å². The Morgan fingerprint density at radius 1 is 0.386 bits per heavy atom. The Hall–Kier alpha value is -5.93. The first-order valence-corrected chi connectivity index (χ1v) is 15.1. The van der Waals surface area contributed by atoms with Gasteiger partial charge in [-0.15, -0.1) is 0 Å². The molecule has 0 atom stereocenters. The molecule has 44 heavy (non-hydrogen) atoms. The van der Waals surface area contributed by atoms with Crippen LogP contribution in [0.3, 0.4) is 0 Å². The van der Waals surface area contributed by atoms with E-state index in [2.05, 4.69) is 149 Å². The molecule has 10 rings (SSSR count). The van der Waals surface area contributed by atoms with Gasteiger partial charge in [0.25, 0.3) is 0 Å². The second-order valence-electron chi connectivity index (χ2n) is 11.6. The normalized spacial score (nSPS) is 12.1. The van der Waals surface area contributed by atoms with Gasteiger partial charge >= 0.3 is 0 Å². The highest BCUT2D eigenvalue weighted by molar-refractivity contribution is 6.31. The van der Waals surface area contributed by atoms with E-state index in [4.69, 9.17) is 4.98 Å². The standard InChI is InChI=1S/C41H25N3/c1-2-13-29(14-3-1)43-36-22-18-26-10-4-7-15-31(26)38(36)33-20-21-34-39-32-16-8-5-11-27(32)19-23-37(39)44(41(34)40(33)43)30-24-28-12-6-9-17-35(28)42-25-30/h1-25H. The zero-order valence-corrected chi connectivity index (χ0v) is 23.8. The average molecular weight is 560 g/mol. The number of benzene rings is 7. The topological polar surface area (TPSA) is 22.8 Å². The molecular formula is C41H25N3. The van der Waals surface area contributed by atoms with Crippen molar-refractivity contribution in [1.29, 1.82) is 0 Å². The summed E-state index contributed by atoms with van der Waals surface area (Å²) in [5.74, 6) is 0. The Balaban J connectivity index is 1.51. The highest BCUT2D eigenvalue weighted by Gasteiger charge is 2.23. The predicted octanol–water partition coefficient (Wildman–Crippen LogP) is 10.7. The van der Waals surface area contributed by atoms with E-state index in [9.17, 15) is 0 Å². The number of fused-ring (bicyclic) bond motifs is 12. The van der Waals surface area contributed by atoms with Gasteiger partial charge in [-0.1, -0.05) is 109 Å². The molecule has 0 amide bonds. The first-order chi connectivity index (χ1) is 21.8. The van der Waals surface area contributed by atoms with E-state index in [-0.39, 0.29) is 0 Å². The minimum atomic E-state index is 0.998. The summed E-state index contributed by atoms with van der Waals surface area (Å²) < 4.78 is 4.91. The molecule has 3 nitrogen and oxygen atoms in total. The number of para-hydroxylation sites is 2. The van der Waals surface area contributed by atoms with Crippen molar-refractivity contribution in [2.45, 2.75) is 0 Å². The molecule has 204 valence electrons. The van der Waals surface area contributed by atoms with Crippen molar-refractivity contribution in [3.8, 4) is 11.4 Å². The Morgan fingerprint density at radius 3 is 1.55 bits per heavy atom. The summed E-state index contributed by atoms with van der Waals surface area (Å²) in [5, 5.41) is 11.2.